The molecular formula is C20H23FO2. The number of carbonyl (C=O) groups is 1. The number of ether oxygens (including phenoxy) is 1. The summed E-state index contributed by atoms with van der Waals surface area (Å²) in [6.07, 6.45) is 5.01. The molecule has 122 valence electrons. The van der Waals surface area contributed by atoms with Crippen LogP contribution in [0.25, 0.3) is 0 Å². The summed E-state index contributed by atoms with van der Waals surface area (Å²) in [5.74, 6) is -0.682. The quantitative estimate of drug-likeness (QED) is 0.549. The summed E-state index contributed by atoms with van der Waals surface area (Å²) in [6.45, 7) is 6.78. The van der Waals surface area contributed by atoms with Crippen molar-refractivity contribution in [1.82, 2.24) is 0 Å². The van der Waals surface area contributed by atoms with Gasteiger partial charge in [0.2, 0.25) is 0 Å². The van der Waals surface area contributed by atoms with Gasteiger partial charge in [-0.3, -0.25) is 4.79 Å². The Hall–Kier alpha value is -1.64. The maximum atomic E-state index is 14.3. The van der Waals surface area contributed by atoms with E-state index in [0.717, 1.165) is 19.3 Å². The van der Waals surface area contributed by atoms with Crippen molar-refractivity contribution in [3.05, 3.63) is 47.3 Å². The first kappa shape index (κ1) is 14.9. The Kier molecular flexibility index (Phi) is 3.04. The van der Waals surface area contributed by atoms with Crippen LogP contribution in [0.2, 0.25) is 0 Å². The lowest BCUT2D eigenvalue weighted by Gasteiger charge is -2.47. The first-order chi connectivity index (χ1) is 10.8. The normalized spacial score (nSPS) is 37.8. The van der Waals surface area contributed by atoms with Crippen molar-refractivity contribution in [2.24, 2.45) is 22.7 Å². The van der Waals surface area contributed by atoms with E-state index >= 15 is 0 Å². The van der Waals surface area contributed by atoms with Crippen LogP contribution in [0.1, 0.15) is 51.7 Å². The molecule has 0 unspecified atom stereocenters. The SMILES string of the molecule is CC1(C)CCC[C@@]2(C)C1=C[C@H]1C(=O)O[C@H](c3ccccc3F)[C@H]12. The minimum Gasteiger partial charge on any atom is -0.457 e. The molecule has 2 fully saturated rings. The molecule has 3 aliphatic rings. The van der Waals surface area contributed by atoms with Crippen molar-refractivity contribution in [3.63, 3.8) is 0 Å². The summed E-state index contributed by atoms with van der Waals surface area (Å²) in [6, 6.07) is 6.70. The summed E-state index contributed by atoms with van der Waals surface area (Å²) >= 11 is 0. The molecule has 2 aliphatic carbocycles. The molecule has 0 bridgehead atoms. The van der Waals surface area contributed by atoms with Crippen LogP contribution in [0.3, 0.4) is 0 Å². The smallest absolute Gasteiger partial charge is 0.313 e. The second-order valence-corrected chi connectivity index (χ2v) is 8.17. The first-order valence-electron chi connectivity index (χ1n) is 8.52. The zero-order valence-electron chi connectivity index (χ0n) is 13.9. The zero-order chi connectivity index (χ0) is 16.4. The molecule has 1 saturated carbocycles. The first-order valence-corrected chi connectivity index (χ1v) is 8.52. The van der Waals surface area contributed by atoms with E-state index < -0.39 is 6.10 Å². The largest absolute Gasteiger partial charge is 0.457 e. The highest BCUT2D eigenvalue weighted by atomic mass is 19.1. The van der Waals surface area contributed by atoms with Gasteiger partial charge in [0.15, 0.2) is 0 Å². The van der Waals surface area contributed by atoms with E-state index in [1.54, 1.807) is 12.1 Å². The van der Waals surface area contributed by atoms with Gasteiger partial charge in [0, 0.05) is 11.5 Å². The number of halogens is 1. The van der Waals surface area contributed by atoms with E-state index in [1.165, 1.54) is 11.6 Å². The maximum absolute atomic E-state index is 14.3. The fraction of sp³-hybridized carbons (Fsp3) is 0.550. The Morgan fingerprint density at radius 2 is 1.91 bits per heavy atom. The topological polar surface area (TPSA) is 26.3 Å². The molecule has 1 aromatic carbocycles. The molecule has 1 aliphatic heterocycles. The molecule has 2 nitrogen and oxygen atoms in total. The van der Waals surface area contributed by atoms with Crippen LogP contribution < -0.4 is 0 Å². The number of rotatable bonds is 1. The van der Waals surface area contributed by atoms with Gasteiger partial charge in [-0.05, 0) is 29.7 Å². The average Bonchev–Trinajstić information content (AvgIpc) is 2.97. The van der Waals surface area contributed by atoms with Gasteiger partial charge in [0.1, 0.15) is 11.9 Å². The number of cyclic esters (lactones) is 1. The van der Waals surface area contributed by atoms with E-state index in [-0.39, 0.29) is 34.5 Å². The highest BCUT2D eigenvalue weighted by molar-refractivity contribution is 5.79. The predicted octanol–water partition coefficient (Wildman–Crippen LogP) is 4.81. The van der Waals surface area contributed by atoms with Crippen LogP contribution in [0, 0.1) is 28.5 Å². The lowest BCUT2D eigenvalue weighted by molar-refractivity contribution is -0.143. The predicted molar refractivity (Wildman–Crippen MR) is 86.0 cm³/mol. The third-order valence-electron chi connectivity index (χ3n) is 6.36. The summed E-state index contributed by atoms with van der Waals surface area (Å²) in [5.41, 5.74) is 1.93. The number of hydrogen-bond donors (Lipinski definition) is 0. The molecule has 0 spiro atoms. The van der Waals surface area contributed by atoms with Gasteiger partial charge in [-0.15, -0.1) is 0 Å². The maximum Gasteiger partial charge on any atom is 0.313 e. The number of hydrogen-bond acceptors (Lipinski definition) is 2. The van der Waals surface area contributed by atoms with E-state index in [0.29, 0.717) is 5.56 Å². The Bertz CT molecular complexity index is 705. The molecule has 4 atom stereocenters. The van der Waals surface area contributed by atoms with E-state index in [1.807, 2.05) is 6.07 Å². The molecule has 4 rings (SSSR count). The number of fused-ring (bicyclic) bond motifs is 3. The van der Waals surface area contributed by atoms with Crippen molar-refractivity contribution in [1.29, 1.82) is 0 Å². The molecule has 1 heterocycles. The standard InChI is InChI=1S/C20H23FO2/c1-19(2)9-6-10-20(3)15(19)11-13-16(20)17(23-18(13)22)12-7-4-5-8-14(12)21/h4-5,7-8,11,13,16-17H,6,9-10H2,1-3H3/t13-,16+,17-,20+/m1/s1. The number of allylic oxidation sites excluding steroid dienone is 1. The van der Waals surface area contributed by atoms with Crippen molar-refractivity contribution in [2.45, 2.75) is 46.1 Å². The number of esters is 1. The lowest BCUT2D eigenvalue weighted by Crippen LogP contribution is -2.38. The highest BCUT2D eigenvalue weighted by Crippen LogP contribution is 2.65. The number of benzene rings is 1. The molecule has 0 amide bonds. The molecular weight excluding hydrogens is 291 g/mol. The Balaban J connectivity index is 1.82. The van der Waals surface area contributed by atoms with Gasteiger partial charge in [-0.1, -0.05) is 57.0 Å². The lowest BCUT2D eigenvalue weighted by atomic mass is 9.57. The number of carbonyl (C=O) groups excluding carboxylic acids is 1. The van der Waals surface area contributed by atoms with Gasteiger partial charge in [0.05, 0.1) is 5.92 Å². The van der Waals surface area contributed by atoms with Crippen LogP contribution in [0.4, 0.5) is 4.39 Å². The van der Waals surface area contributed by atoms with Crippen molar-refractivity contribution in [2.75, 3.05) is 0 Å². The van der Waals surface area contributed by atoms with E-state index in [9.17, 15) is 9.18 Å². The Morgan fingerprint density at radius 1 is 1.17 bits per heavy atom. The van der Waals surface area contributed by atoms with Crippen molar-refractivity contribution >= 4 is 5.97 Å². The molecule has 23 heavy (non-hydrogen) atoms. The highest BCUT2D eigenvalue weighted by Gasteiger charge is 2.61. The molecule has 3 heteroatoms. The fourth-order valence-corrected chi connectivity index (χ4v) is 5.36. The summed E-state index contributed by atoms with van der Waals surface area (Å²) in [4.78, 5) is 12.5. The molecule has 1 saturated heterocycles. The van der Waals surface area contributed by atoms with Crippen LogP contribution in [0.5, 0.6) is 0 Å². The Labute approximate surface area is 136 Å². The van der Waals surface area contributed by atoms with Crippen LogP contribution in [0.15, 0.2) is 35.9 Å². The summed E-state index contributed by atoms with van der Waals surface area (Å²) in [5, 5.41) is 0. The van der Waals surface area contributed by atoms with Gasteiger partial charge >= 0.3 is 5.97 Å². The van der Waals surface area contributed by atoms with E-state index in [2.05, 4.69) is 26.8 Å². The minimum absolute atomic E-state index is 0.0153. The van der Waals surface area contributed by atoms with Gasteiger partial charge < -0.3 is 4.74 Å². The summed E-state index contributed by atoms with van der Waals surface area (Å²) < 4.78 is 20.0. The molecule has 0 aromatic heterocycles. The minimum atomic E-state index is -0.471. The molecule has 0 N–H and O–H groups in total. The third kappa shape index (κ3) is 1.95. The second kappa shape index (κ2) is 4.68. The van der Waals surface area contributed by atoms with Gasteiger partial charge in [-0.2, -0.15) is 0 Å². The van der Waals surface area contributed by atoms with Gasteiger partial charge in [0.25, 0.3) is 0 Å². The monoisotopic (exact) mass is 314 g/mol. The average molecular weight is 314 g/mol. The van der Waals surface area contributed by atoms with Crippen LogP contribution >= 0.6 is 0 Å². The van der Waals surface area contributed by atoms with Gasteiger partial charge in [-0.25, -0.2) is 4.39 Å². The third-order valence-corrected chi connectivity index (χ3v) is 6.36. The van der Waals surface area contributed by atoms with Crippen LogP contribution in [-0.2, 0) is 9.53 Å². The zero-order valence-corrected chi connectivity index (χ0v) is 13.9. The van der Waals surface area contributed by atoms with Crippen molar-refractivity contribution < 1.29 is 13.9 Å². The second-order valence-electron chi connectivity index (χ2n) is 8.17. The Morgan fingerprint density at radius 3 is 2.65 bits per heavy atom. The fourth-order valence-electron chi connectivity index (χ4n) is 5.36. The summed E-state index contributed by atoms with van der Waals surface area (Å²) in [7, 11) is 0. The van der Waals surface area contributed by atoms with Crippen molar-refractivity contribution in [3.8, 4) is 0 Å². The van der Waals surface area contributed by atoms with E-state index in [4.69, 9.17) is 4.74 Å². The molecule has 0 radical (unpaired) electrons. The molecule has 1 aromatic rings. The van der Waals surface area contributed by atoms with Crippen LogP contribution in [-0.4, -0.2) is 5.97 Å².